The number of hydrogen-bond donors (Lipinski definition) is 0. The van der Waals surface area contributed by atoms with E-state index in [1.165, 1.54) is 37.7 Å². The lowest BCUT2D eigenvalue weighted by atomic mass is 10.1. The molecule has 0 amide bonds. The van der Waals surface area contributed by atoms with Crippen LogP contribution in [-0.2, 0) is 19.8 Å². The van der Waals surface area contributed by atoms with Crippen molar-refractivity contribution < 1.29 is 13.3 Å². The molecule has 0 bridgehead atoms. The van der Waals surface area contributed by atoms with Gasteiger partial charge in [-0.25, -0.2) is 0 Å². The SMILES string of the molecule is CCO[Si](OCC)(OCC)C1CCCCCCCN1Cc1ccccc1. The van der Waals surface area contributed by atoms with Gasteiger partial charge in [0.05, 0.1) is 5.67 Å². The molecule has 1 aromatic rings. The predicted octanol–water partition coefficient (Wildman–Crippen LogP) is 4.80. The van der Waals surface area contributed by atoms with Crippen molar-refractivity contribution in [2.45, 2.75) is 71.5 Å². The maximum absolute atomic E-state index is 6.31. The van der Waals surface area contributed by atoms with Crippen LogP contribution in [0, 0.1) is 0 Å². The van der Waals surface area contributed by atoms with Crippen LogP contribution in [0.5, 0.6) is 0 Å². The molecule has 1 saturated heterocycles. The lowest BCUT2D eigenvalue weighted by molar-refractivity contribution is 0.0305. The highest BCUT2D eigenvalue weighted by molar-refractivity contribution is 6.62. The van der Waals surface area contributed by atoms with Gasteiger partial charge in [0, 0.05) is 26.4 Å². The average molecular weight is 380 g/mol. The van der Waals surface area contributed by atoms with Crippen molar-refractivity contribution in [3.8, 4) is 0 Å². The molecule has 0 aliphatic carbocycles. The van der Waals surface area contributed by atoms with Gasteiger partial charge in [-0.1, -0.05) is 56.0 Å². The standard InChI is InChI=1S/C21H37NO3Si/c1-4-23-26(24-5-2,25-6-3)21-17-13-8-7-9-14-18-22(21)19-20-15-11-10-12-16-20/h10-12,15-16,21H,4-9,13-14,17-19H2,1-3H3. The van der Waals surface area contributed by atoms with E-state index in [2.05, 4.69) is 56.0 Å². The van der Waals surface area contributed by atoms with Gasteiger partial charge < -0.3 is 13.3 Å². The van der Waals surface area contributed by atoms with Crippen molar-refractivity contribution in [3.05, 3.63) is 35.9 Å². The molecule has 0 radical (unpaired) electrons. The third-order valence-corrected chi connectivity index (χ3v) is 8.58. The van der Waals surface area contributed by atoms with Gasteiger partial charge in [0.1, 0.15) is 0 Å². The fourth-order valence-corrected chi connectivity index (χ4v) is 7.21. The maximum Gasteiger partial charge on any atom is 0.519 e. The third-order valence-electron chi connectivity index (χ3n) is 5.04. The van der Waals surface area contributed by atoms with Crippen LogP contribution in [0.4, 0.5) is 0 Å². The lowest BCUT2D eigenvalue weighted by Crippen LogP contribution is -2.63. The molecule has 2 rings (SSSR count). The van der Waals surface area contributed by atoms with E-state index in [0.717, 1.165) is 19.5 Å². The van der Waals surface area contributed by atoms with Crippen LogP contribution < -0.4 is 0 Å². The van der Waals surface area contributed by atoms with Crippen molar-refractivity contribution in [1.82, 2.24) is 4.90 Å². The molecule has 0 N–H and O–H groups in total. The predicted molar refractivity (Wildman–Crippen MR) is 109 cm³/mol. The smallest absolute Gasteiger partial charge is 0.373 e. The number of nitrogens with zero attached hydrogens (tertiary/aromatic N) is 1. The zero-order chi connectivity index (χ0) is 18.7. The van der Waals surface area contributed by atoms with Crippen LogP contribution in [0.3, 0.4) is 0 Å². The molecular formula is C21H37NO3Si. The van der Waals surface area contributed by atoms with Crippen LogP contribution in [0.15, 0.2) is 30.3 Å². The minimum absolute atomic E-state index is 0.237. The van der Waals surface area contributed by atoms with Gasteiger partial charge in [0.15, 0.2) is 0 Å². The first-order chi connectivity index (χ1) is 12.8. The van der Waals surface area contributed by atoms with Crippen molar-refractivity contribution in [1.29, 1.82) is 0 Å². The van der Waals surface area contributed by atoms with E-state index >= 15 is 0 Å². The molecule has 148 valence electrons. The van der Waals surface area contributed by atoms with E-state index in [1.807, 2.05) is 0 Å². The van der Waals surface area contributed by atoms with Crippen LogP contribution >= 0.6 is 0 Å². The van der Waals surface area contributed by atoms with E-state index in [4.69, 9.17) is 13.3 Å². The molecule has 26 heavy (non-hydrogen) atoms. The Morgan fingerprint density at radius 2 is 1.42 bits per heavy atom. The normalized spacial score (nSPS) is 20.3. The summed E-state index contributed by atoms with van der Waals surface area (Å²) in [5.74, 6) is 0. The Labute approximate surface area is 161 Å². The lowest BCUT2D eigenvalue weighted by Gasteiger charge is -2.41. The molecule has 0 aromatic heterocycles. The molecule has 0 spiro atoms. The van der Waals surface area contributed by atoms with Crippen LogP contribution in [-0.4, -0.2) is 45.7 Å². The maximum atomic E-state index is 6.31. The molecular weight excluding hydrogens is 342 g/mol. The van der Waals surface area contributed by atoms with Crippen molar-refractivity contribution in [2.75, 3.05) is 26.4 Å². The van der Waals surface area contributed by atoms with Gasteiger partial charge in [-0.3, -0.25) is 4.90 Å². The molecule has 1 aromatic carbocycles. The monoisotopic (exact) mass is 379 g/mol. The highest BCUT2D eigenvalue weighted by atomic mass is 28.4. The van der Waals surface area contributed by atoms with E-state index in [-0.39, 0.29) is 5.67 Å². The van der Waals surface area contributed by atoms with Crippen molar-refractivity contribution in [3.63, 3.8) is 0 Å². The molecule has 1 fully saturated rings. The van der Waals surface area contributed by atoms with E-state index < -0.39 is 8.80 Å². The number of benzene rings is 1. The van der Waals surface area contributed by atoms with Gasteiger partial charge in [-0.05, 0) is 45.7 Å². The fraction of sp³-hybridized carbons (Fsp3) is 0.714. The topological polar surface area (TPSA) is 30.9 Å². The number of hydrogen-bond acceptors (Lipinski definition) is 4. The molecule has 5 heteroatoms. The molecule has 0 saturated carbocycles. The molecule has 1 aliphatic heterocycles. The summed E-state index contributed by atoms with van der Waals surface area (Å²) in [6.07, 6.45) is 7.49. The second-order valence-corrected chi connectivity index (χ2v) is 9.67. The third kappa shape index (κ3) is 6.17. The first kappa shape index (κ1) is 21.6. The van der Waals surface area contributed by atoms with Crippen LogP contribution in [0.25, 0.3) is 0 Å². The summed E-state index contributed by atoms with van der Waals surface area (Å²) in [7, 11) is -2.76. The molecule has 1 unspecified atom stereocenters. The molecule has 4 nitrogen and oxygen atoms in total. The summed E-state index contributed by atoms with van der Waals surface area (Å²) in [6, 6.07) is 10.8. The van der Waals surface area contributed by atoms with E-state index in [1.54, 1.807) is 0 Å². The summed E-state index contributed by atoms with van der Waals surface area (Å²) < 4.78 is 18.9. The fourth-order valence-electron chi connectivity index (χ4n) is 3.95. The Balaban J connectivity index is 2.32. The summed E-state index contributed by atoms with van der Waals surface area (Å²) in [4.78, 5) is 2.59. The van der Waals surface area contributed by atoms with E-state index in [0.29, 0.717) is 19.8 Å². The first-order valence-corrected chi connectivity index (χ1v) is 12.3. The zero-order valence-electron chi connectivity index (χ0n) is 16.9. The Hall–Kier alpha value is -0.723. The molecule has 1 heterocycles. The van der Waals surface area contributed by atoms with Crippen molar-refractivity contribution in [2.24, 2.45) is 0 Å². The summed E-state index contributed by atoms with van der Waals surface area (Å²) in [5.41, 5.74) is 1.59. The largest absolute Gasteiger partial charge is 0.519 e. The average Bonchev–Trinajstić information content (AvgIpc) is 2.76. The Bertz CT molecular complexity index is 468. The van der Waals surface area contributed by atoms with Crippen LogP contribution in [0.2, 0.25) is 0 Å². The molecule has 1 aliphatic rings. The highest BCUT2D eigenvalue weighted by Gasteiger charge is 2.51. The van der Waals surface area contributed by atoms with Gasteiger partial charge in [-0.15, -0.1) is 0 Å². The van der Waals surface area contributed by atoms with Gasteiger partial charge in [0.25, 0.3) is 0 Å². The number of rotatable bonds is 9. The Morgan fingerprint density at radius 3 is 2.04 bits per heavy atom. The van der Waals surface area contributed by atoms with Gasteiger partial charge in [-0.2, -0.15) is 0 Å². The van der Waals surface area contributed by atoms with Gasteiger partial charge >= 0.3 is 8.80 Å². The zero-order valence-corrected chi connectivity index (χ0v) is 17.9. The summed E-state index contributed by atoms with van der Waals surface area (Å²) >= 11 is 0. The summed E-state index contributed by atoms with van der Waals surface area (Å²) in [5, 5.41) is 0. The second kappa shape index (κ2) is 11.9. The second-order valence-electron chi connectivity index (χ2n) is 6.93. The van der Waals surface area contributed by atoms with Crippen LogP contribution in [0.1, 0.15) is 64.9 Å². The first-order valence-electron chi connectivity index (χ1n) is 10.5. The highest BCUT2D eigenvalue weighted by Crippen LogP contribution is 2.28. The van der Waals surface area contributed by atoms with Crippen molar-refractivity contribution >= 4 is 8.80 Å². The van der Waals surface area contributed by atoms with Gasteiger partial charge in [0.2, 0.25) is 0 Å². The Morgan fingerprint density at radius 1 is 0.846 bits per heavy atom. The Kier molecular flexibility index (Phi) is 9.86. The minimum atomic E-state index is -2.76. The quantitative estimate of drug-likeness (QED) is 0.577. The minimum Gasteiger partial charge on any atom is -0.373 e. The molecule has 1 atom stereocenters. The summed E-state index contributed by atoms with van der Waals surface area (Å²) in [6.45, 7) is 10.1. The van der Waals surface area contributed by atoms with E-state index in [9.17, 15) is 0 Å².